The van der Waals surface area contributed by atoms with Gasteiger partial charge in [-0.1, -0.05) is 45.7 Å². The van der Waals surface area contributed by atoms with Crippen LogP contribution in [0.3, 0.4) is 0 Å². The summed E-state index contributed by atoms with van der Waals surface area (Å²) in [5, 5.41) is 0.627. The van der Waals surface area contributed by atoms with Gasteiger partial charge in [0.1, 0.15) is 12.7 Å². The van der Waals surface area contributed by atoms with Crippen LogP contribution in [0.15, 0.2) is 59.1 Å². The number of hydroxylamine groups is 1. The zero-order valence-corrected chi connectivity index (χ0v) is 14.3. The molecule has 0 spiro atoms. The van der Waals surface area contributed by atoms with Crippen LogP contribution in [-0.2, 0) is 9.57 Å². The summed E-state index contributed by atoms with van der Waals surface area (Å²) in [5.74, 6) is -0.388. The number of ether oxygens (including phenoxy) is 1. The lowest BCUT2D eigenvalue weighted by Gasteiger charge is -2.09. The Balaban J connectivity index is 1.60. The van der Waals surface area contributed by atoms with E-state index >= 15 is 0 Å². The summed E-state index contributed by atoms with van der Waals surface area (Å²) < 4.78 is 6.18. The Labute approximate surface area is 147 Å². The molecular weight excluding hydrogens is 382 g/mol. The molecule has 1 heterocycles. The van der Waals surface area contributed by atoms with E-state index in [1.807, 2.05) is 24.3 Å². The number of rotatable bonds is 4. The molecule has 3 rings (SSSR count). The lowest BCUT2D eigenvalue weighted by atomic mass is 10.1. The molecular formula is C17H13BrClNO3. The van der Waals surface area contributed by atoms with E-state index in [-0.39, 0.29) is 18.7 Å². The lowest BCUT2D eigenvalue weighted by Crippen LogP contribution is -2.20. The first-order valence-electron chi connectivity index (χ1n) is 6.94. The van der Waals surface area contributed by atoms with E-state index in [1.165, 1.54) is 0 Å². The van der Waals surface area contributed by atoms with Crippen molar-refractivity contribution in [2.45, 2.75) is 6.10 Å². The zero-order valence-electron chi connectivity index (χ0n) is 12.0. The summed E-state index contributed by atoms with van der Waals surface area (Å²) in [6, 6.07) is 14.4. The molecule has 1 N–H and O–H groups in total. The molecule has 4 nitrogen and oxygen atoms in total. The largest absolute Gasteiger partial charge is 0.459 e. The number of hydrogen-bond donors (Lipinski definition) is 1. The second-order valence-corrected chi connectivity index (χ2v) is 6.25. The highest BCUT2D eigenvalue weighted by atomic mass is 79.9. The van der Waals surface area contributed by atoms with E-state index in [0.29, 0.717) is 10.6 Å². The number of benzene rings is 2. The Hall–Kier alpha value is -1.82. The third-order valence-corrected chi connectivity index (χ3v) is 4.15. The van der Waals surface area contributed by atoms with Crippen molar-refractivity contribution in [3.63, 3.8) is 0 Å². The van der Waals surface area contributed by atoms with Crippen LogP contribution < -0.4 is 5.48 Å². The van der Waals surface area contributed by atoms with Crippen LogP contribution in [-0.4, -0.2) is 18.7 Å². The number of carbonyl (C=O) groups excluding carboxylic acids is 1. The summed E-state index contributed by atoms with van der Waals surface area (Å²) in [5.41, 5.74) is 4.92. The molecule has 23 heavy (non-hydrogen) atoms. The van der Waals surface area contributed by atoms with Crippen molar-refractivity contribution in [2.75, 3.05) is 6.61 Å². The van der Waals surface area contributed by atoms with E-state index in [1.54, 1.807) is 30.3 Å². The molecule has 1 aliphatic rings. The van der Waals surface area contributed by atoms with Crippen molar-refractivity contribution in [1.29, 1.82) is 0 Å². The lowest BCUT2D eigenvalue weighted by molar-refractivity contribution is -0.00353. The molecule has 0 amide bonds. The topological polar surface area (TPSA) is 47.6 Å². The molecule has 0 aliphatic carbocycles. The van der Waals surface area contributed by atoms with Gasteiger partial charge >= 0.3 is 5.97 Å². The van der Waals surface area contributed by atoms with Gasteiger partial charge in [0.25, 0.3) is 0 Å². The van der Waals surface area contributed by atoms with E-state index in [4.69, 9.17) is 21.2 Å². The Kier molecular flexibility index (Phi) is 5.00. The predicted molar refractivity (Wildman–Crippen MR) is 91.9 cm³/mol. The minimum Gasteiger partial charge on any atom is -0.459 e. The van der Waals surface area contributed by atoms with E-state index < -0.39 is 0 Å². The SMILES string of the molecule is O=C(OC[C@@H]1C=C(c2ccccc2Cl)NO1)c1ccc(Br)cc1. The Morgan fingerprint density at radius 1 is 1.22 bits per heavy atom. The fourth-order valence-electron chi connectivity index (χ4n) is 2.13. The molecule has 118 valence electrons. The minimum atomic E-state index is -0.388. The summed E-state index contributed by atoms with van der Waals surface area (Å²) in [7, 11) is 0. The molecule has 1 aliphatic heterocycles. The van der Waals surface area contributed by atoms with Gasteiger partial charge in [0.2, 0.25) is 0 Å². The second kappa shape index (κ2) is 7.17. The zero-order chi connectivity index (χ0) is 16.2. The maximum Gasteiger partial charge on any atom is 0.338 e. The highest BCUT2D eigenvalue weighted by Crippen LogP contribution is 2.25. The first-order chi connectivity index (χ1) is 11.1. The van der Waals surface area contributed by atoms with Gasteiger partial charge < -0.3 is 4.74 Å². The summed E-state index contributed by atoms with van der Waals surface area (Å²) in [6.45, 7) is 0.121. The molecule has 0 aromatic heterocycles. The van der Waals surface area contributed by atoms with Gasteiger partial charge in [-0.3, -0.25) is 10.3 Å². The van der Waals surface area contributed by atoms with Crippen LogP contribution >= 0.6 is 27.5 Å². The quantitative estimate of drug-likeness (QED) is 0.790. The van der Waals surface area contributed by atoms with Crippen molar-refractivity contribution >= 4 is 39.2 Å². The van der Waals surface area contributed by atoms with Gasteiger partial charge in [0, 0.05) is 15.1 Å². The highest BCUT2D eigenvalue weighted by Gasteiger charge is 2.20. The molecule has 1 atom stereocenters. The molecule has 0 bridgehead atoms. The molecule has 0 fully saturated rings. The van der Waals surface area contributed by atoms with Crippen LogP contribution in [0.1, 0.15) is 15.9 Å². The Bertz CT molecular complexity index is 746. The Morgan fingerprint density at radius 2 is 1.96 bits per heavy atom. The van der Waals surface area contributed by atoms with E-state index in [0.717, 1.165) is 15.7 Å². The van der Waals surface area contributed by atoms with Gasteiger partial charge in [0.05, 0.1) is 11.3 Å². The minimum absolute atomic E-state index is 0.121. The van der Waals surface area contributed by atoms with Crippen LogP contribution in [0.4, 0.5) is 0 Å². The van der Waals surface area contributed by atoms with Gasteiger partial charge in [-0.25, -0.2) is 4.79 Å². The maximum absolute atomic E-state index is 12.0. The molecule has 0 unspecified atom stereocenters. The first-order valence-corrected chi connectivity index (χ1v) is 8.11. The number of nitrogens with one attached hydrogen (secondary N) is 1. The van der Waals surface area contributed by atoms with Crippen molar-refractivity contribution < 1.29 is 14.4 Å². The second-order valence-electron chi connectivity index (χ2n) is 4.92. The number of carbonyl (C=O) groups is 1. The fraction of sp³-hybridized carbons (Fsp3) is 0.118. The normalized spacial score (nSPS) is 16.6. The van der Waals surface area contributed by atoms with Gasteiger partial charge in [0.15, 0.2) is 0 Å². The highest BCUT2D eigenvalue weighted by molar-refractivity contribution is 9.10. The average Bonchev–Trinajstić information content (AvgIpc) is 3.02. The van der Waals surface area contributed by atoms with Crippen molar-refractivity contribution in [2.24, 2.45) is 0 Å². The van der Waals surface area contributed by atoms with Gasteiger partial charge in [-0.15, -0.1) is 0 Å². The van der Waals surface area contributed by atoms with Crippen molar-refractivity contribution in [3.8, 4) is 0 Å². The molecule has 0 radical (unpaired) electrons. The molecule has 2 aromatic rings. The first kappa shape index (κ1) is 16.1. The third-order valence-electron chi connectivity index (χ3n) is 3.30. The number of esters is 1. The van der Waals surface area contributed by atoms with E-state index in [9.17, 15) is 4.79 Å². The summed E-state index contributed by atoms with van der Waals surface area (Å²) in [6.07, 6.45) is 1.48. The van der Waals surface area contributed by atoms with Gasteiger partial charge in [-0.2, -0.15) is 0 Å². The van der Waals surface area contributed by atoms with Crippen LogP contribution in [0.25, 0.3) is 5.70 Å². The summed E-state index contributed by atoms with van der Waals surface area (Å²) >= 11 is 9.47. The standard InChI is InChI=1S/C17H13BrClNO3/c18-12-7-5-11(6-8-12)17(21)22-10-13-9-16(20-23-13)14-3-1-2-4-15(14)19/h1-9,13,20H,10H2/t13-/m0/s1. The average molecular weight is 395 g/mol. The van der Waals surface area contributed by atoms with Crippen LogP contribution in [0, 0.1) is 0 Å². The van der Waals surface area contributed by atoms with Crippen molar-refractivity contribution in [3.05, 3.63) is 75.2 Å². The third kappa shape index (κ3) is 3.93. The Morgan fingerprint density at radius 3 is 2.70 bits per heavy atom. The number of halogens is 2. The van der Waals surface area contributed by atoms with Crippen LogP contribution in [0.5, 0.6) is 0 Å². The predicted octanol–water partition coefficient (Wildman–Crippen LogP) is 4.20. The van der Waals surface area contributed by atoms with Crippen molar-refractivity contribution in [1.82, 2.24) is 5.48 Å². The smallest absolute Gasteiger partial charge is 0.338 e. The molecule has 6 heteroatoms. The summed E-state index contributed by atoms with van der Waals surface area (Å²) in [4.78, 5) is 17.4. The monoisotopic (exact) mass is 393 g/mol. The molecule has 0 saturated heterocycles. The maximum atomic E-state index is 12.0. The molecule has 2 aromatic carbocycles. The van der Waals surface area contributed by atoms with Gasteiger partial charge in [-0.05, 0) is 36.4 Å². The fourth-order valence-corrected chi connectivity index (χ4v) is 2.63. The molecule has 0 saturated carbocycles. The van der Waals surface area contributed by atoms with Crippen LogP contribution in [0.2, 0.25) is 5.02 Å². The van der Waals surface area contributed by atoms with E-state index in [2.05, 4.69) is 21.4 Å². The number of hydrogen-bond acceptors (Lipinski definition) is 4.